The van der Waals surface area contributed by atoms with E-state index in [2.05, 4.69) is 40.1 Å². The summed E-state index contributed by atoms with van der Waals surface area (Å²) in [5, 5.41) is 2.91. The number of rotatable bonds is 0. The van der Waals surface area contributed by atoms with Crippen LogP contribution in [0.15, 0.2) is 33.5 Å². The molecule has 0 aromatic rings. The van der Waals surface area contributed by atoms with Gasteiger partial charge in [-0.1, -0.05) is 18.2 Å². The standard InChI is InChI=1S/C9H8INO/c10-7-5-9(12)11-8-4-2-1-3-6(7)8/h1-3,5,8H,4H2,(H,11,12). The second kappa shape index (κ2) is 3.05. The van der Waals surface area contributed by atoms with Crippen LogP contribution in [0.1, 0.15) is 6.42 Å². The molecule has 3 heteroatoms. The van der Waals surface area contributed by atoms with E-state index in [9.17, 15) is 4.79 Å². The molecule has 2 nitrogen and oxygen atoms in total. The lowest BCUT2D eigenvalue weighted by molar-refractivity contribution is -0.117. The first-order chi connectivity index (χ1) is 5.77. The molecule has 1 heterocycles. The van der Waals surface area contributed by atoms with Crippen LogP contribution >= 0.6 is 22.6 Å². The Morgan fingerprint density at radius 3 is 3.25 bits per heavy atom. The van der Waals surface area contributed by atoms with Crippen molar-refractivity contribution in [3.63, 3.8) is 0 Å². The number of fused-ring (bicyclic) bond motifs is 1. The molecule has 0 spiro atoms. The van der Waals surface area contributed by atoms with Gasteiger partial charge in [-0.2, -0.15) is 0 Å². The van der Waals surface area contributed by atoms with E-state index in [1.54, 1.807) is 6.08 Å². The van der Waals surface area contributed by atoms with Crippen molar-refractivity contribution in [3.8, 4) is 0 Å². The molecule has 1 atom stereocenters. The van der Waals surface area contributed by atoms with Gasteiger partial charge >= 0.3 is 0 Å². The molecule has 0 saturated carbocycles. The van der Waals surface area contributed by atoms with Crippen LogP contribution < -0.4 is 5.32 Å². The molecule has 0 radical (unpaired) electrons. The summed E-state index contributed by atoms with van der Waals surface area (Å²) in [5.74, 6) is 0.0249. The van der Waals surface area contributed by atoms with Crippen LogP contribution in [0.5, 0.6) is 0 Å². The Kier molecular flexibility index (Phi) is 2.04. The summed E-state index contributed by atoms with van der Waals surface area (Å²) in [6, 6.07) is 0.208. The van der Waals surface area contributed by atoms with Crippen molar-refractivity contribution in [1.82, 2.24) is 5.32 Å². The highest BCUT2D eigenvalue weighted by molar-refractivity contribution is 14.1. The van der Waals surface area contributed by atoms with Crippen molar-refractivity contribution in [3.05, 3.63) is 33.5 Å². The van der Waals surface area contributed by atoms with Crippen molar-refractivity contribution < 1.29 is 4.79 Å². The largest absolute Gasteiger partial charge is 0.345 e. The third-order valence-corrected chi connectivity index (χ3v) is 2.94. The Balaban J connectivity index is 2.39. The van der Waals surface area contributed by atoms with Crippen LogP contribution in [-0.4, -0.2) is 11.9 Å². The summed E-state index contributed by atoms with van der Waals surface area (Å²) in [7, 11) is 0. The first kappa shape index (κ1) is 8.04. The molecule has 0 saturated heterocycles. The van der Waals surface area contributed by atoms with Gasteiger partial charge in [0.25, 0.3) is 0 Å². The predicted molar refractivity (Wildman–Crippen MR) is 55.9 cm³/mol. The maximum Gasteiger partial charge on any atom is 0.245 e. The van der Waals surface area contributed by atoms with Gasteiger partial charge in [0.15, 0.2) is 0 Å². The monoisotopic (exact) mass is 273 g/mol. The Morgan fingerprint density at radius 1 is 1.58 bits per heavy atom. The molecule has 0 aromatic heterocycles. The summed E-state index contributed by atoms with van der Waals surface area (Å²) in [6.07, 6.45) is 8.73. The fourth-order valence-corrected chi connectivity index (χ4v) is 2.26. The number of carbonyl (C=O) groups is 1. The Bertz CT molecular complexity index is 314. The third kappa shape index (κ3) is 1.33. The smallest absolute Gasteiger partial charge is 0.245 e. The lowest BCUT2D eigenvalue weighted by Crippen LogP contribution is -2.39. The van der Waals surface area contributed by atoms with Gasteiger partial charge in [-0.05, 0) is 34.6 Å². The SMILES string of the molecule is O=C1C=C(I)C2=CC=CCC2N1. The number of nitrogens with one attached hydrogen (secondary N) is 1. The maximum absolute atomic E-state index is 11.1. The van der Waals surface area contributed by atoms with Crippen LogP contribution in [0.25, 0.3) is 0 Å². The number of amides is 1. The van der Waals surface area contributed by atoms with E-state index in [0.29, 0.717) is 0 Å². The first-order valence-electron chi connectivity index (χ1n) is 3.82. The van der Waals surface area contributed by atoms with E-state index < -0.39 is 0 Å². The lowest BCUT2D eigenvalue weighted by atomic mass is 9.96. The molecule has 2 aliphatic rings. The average molecular weight is 273 g/mol. The maximum atomic E-state index is 11.1. The summed E-state index contributed by atoms with van der Waals surface area (Å²) in [4.78, 5) is 11.1. The number of hydrogen-bond acceptors (Lipinski definition) is 1. The fourth-order valence-electron chi connectivity index (χ4n) is 1.42. The molecule has 1 amide bonds. The highest BCUT2D eigenvalue weighted by Gasteiger charge is 2.23. The Labute approximate surface area is 84.6 Å². The molecular formula is C9H8INO. The van der Waals surface area contributed by atoms with Gasteiger partial charge in [0, 0.05) is 9.66 Å². The highest BCUT2D eigenvalue weighted by Crippen LogP contribution is 2.28. The van der Waals surface area contributed by atoms with Crippen molar-refractivity contribution in [2.75, 3.05) is 0 Å². The summed E-state index contributed by atoms with van der Waals surface area (Å²) < 4.78 is 1.06. The van der Waals surface area contributed by atoms with E-state index in [1.165, 1.54) is 5.57 Å². The molecule has 0 fully saturated rings. The van der Waals surface area contributed by atoms with Gasteiger partial charge in [0.1, 0.15) is 0 Å². The van der Waals surface area contributed by atoms with Crippen molar-refractivity contribution in [2.45, 2.75) is 12.5 Å². The average Bonchev–Trinajstić information content (AvgIpc) is 2.04. The quantitative estimate of drug-likeness (QED) is 0.668. The number of allylic oxidation sites excluding steroid dienone is 2. The third-order valence-electron chi connectivity index (χ3n) is 2.01. The second-order valence-electron chi connectivity index (χ2n) is 2.84. The molecule has 1 unspecified atom stereocenters. The molecule has 62 valence electrons. The fraction of sp³-hybridized carbons (Fsp3) is 0.222. The number of hydrogen-bond donors (Lipinski definition) is 1. The van der Waals surface area contributed by atoms with Crippen LogP contribution in [0.4, 0.5) is 0 Å². The Morgan fingerprint density at radius 2 is 2.42 bits per heavy atom. The van der Waals surface area contributed by atoms with Crippen molar-refractivity contribution in [2.24, 2.45) is 0 Å². The van der Waals surface area contributed by atoms with E-state index in [-0.39, 0.29) is 11.9 Å². The summed E-state index contributed by atoms with van der Waals surface area (Å²) in [5.41, 5.74) is 1.23. The molecule has 0 aromatic carbocycles. The molecule has 12 heavy (non-hydrogen) atoms. The summed E-state index contributed by atoms with van der Waals surface area (Å²) in [6.45, 7) is 0. The minimum absolute atomic E-state index is 0.0249. The van der Waals surface area contributed by atoms with Crippen LogP contribution in [0, 0.1) is 0 Å². The molecule has 1 aliphatic heterocycles. The number of carbonyl (C=O) groups excluding carboxylic acids is 1. The van der Waals surface area contributed by atoms with Crippen LogP contribution in [0.2, 0.25) is 0 Å². The van der Waals surface area contributed by atoms with Crippen LogP contribution in [-0.2, 0) is 4.79 Å². The topological polar surface area (TPSA) is 29.1 Å². The highest BCUT2D eigenvalue weighted by atomic mass is 127. The number of halogens is 1. The van der Waals surface area contributed by atoms with Gasteiger partial charge in [-0.15, -0.1) is 0 Å². The minimum atomic E-state index is 0.0249. The Hall–Kier alpha value is -0.580. The normalized spacial score (nSPS) is 27.1. The zero-order valence-corrected chi connectivity index (χ0v) is 8.54. The van der Waals surface area contributed by atoms with Crippen LogP contribution in [0.3, 0.4) is 0 Å². The summed E-state index contributed by atoms with van der Waals surface area (Å²) >= 11 is 2.20. The van der Waals surface area contributed by atoms with Crippen molar-refractivity contribution >= 4 is 28.5 Å². The lowest BCUT2D eigenvalue weighted by Gasteiger charge is -2.25. The van der Waals surface area contributed by atoms with Gasteiger partial charge in [-0.3, -0.25) is 4.79 Å². The van der Waals surface area contributed by atoms with E-state index in [0.717, 1.165) is 10.0 Å². The van der Waals surface area contributed by atoms with E-state index >= 15 is 0 Å². The predicted octanol–water partition coefficient (Wildman–Crippen LogP) is 1.69. The molecule has 2 rings (SSSR count). The molecular weight excluding hydrogens is 265 g/mol. The zero-order chi connectivity index (χ0) is 8.55. The minimum Gasteiger partial charge on any atom is -0.345 e. The molecule has 1 aliphatic carbocycles. The van der Waals surface area contributed by atoms with Gasteiger partial charge in [0.2, 0.25) is 5.91 Å². The van der Waals surface area contributed by atoms with Crippen molar-refractivity contribution in [1.29, 1.82) is 0 Å². The first-order valence-corrected chi connectivity index (χ1v) is 4.90. The van der Waals surface area contributed by atoms with E-state index in [4.69, 9.17) is 0 Å². The van der Waals surface area contributed by atoms with Gasteiger partial charge < -0.3 is 5.32 Å². The zero-order valence-electron chi connectivity index (χ0n) is 6.38. The second-order valence-corrected chi connectivity index (χ2v) is 4.00. The van der Waals surface area contributed by atoms with E-state index in [1.807, 2.05) is 6.08 Å². The molecule has 1 N–H and O–H groups in total. The van der Waals surface area contributed by atoms with Gasteiger partial charge in [-0.25, -0.2) is 0 Å². The van der Waals surface area contributed by atoms with Gasteiger partial charge in [0.05, 0.1) is 6.04 Å². The molecule has 0 bridgehead atoms.